The smallest absolute Gasteiger partial charge is 0.414 e. The molecule has 2 fully saturated rings. The van der Waals surface area contributed by atoms with Gasteiger partial charge in [-0.3, -0.25) is 9.69 Å². The van der Waals surface area contributed by atoms with Crippen molar-refractivity contribution in [2.75, 3.05) is 24.5 Å². The van der Waals surface area contributed by atoms with Gasteiger partial charge in [0.2, 0.25) is 5.91 Å². The van der Waals surface area contributed by atoms with Crippen molar-refractivity contribution in [1.82, 2.24) is 10.2 Å². The Hall–Kier alpha value is -2.77. The van der Waals surface area contributed by atoms with Crippen molar-refractivity contribution in [3.63, 3.8) is 0 Å². The number of likely N-dealkylation sites (tertiary alicyclic amines) is 1. The number of hydrogen-bond donors (Lipinski definition) is 1. The van der Waals surface area contributed by atoms with Crippen LogP contribution in [0.5, 0.6) is 0 Å². The van der Waals surface area contributed by atoms with E-state index in [4.69, 9.17) is 9.47 Å². The van der Waals surface area contributed by atoms with Gasteiger partial charge < -0.3 is 19.7 Å². The summed E-state index contributed by atoms with van der Waals surface area (Å²) in [4.78, 5) is 41.3. The Balaban J connectivity index is 1.23. The van der Waals surface area contributed by atoms with Gasteiger partial charge in [-0.2, -0.15) is 0 Å². The van der Waals surface area contributed by atoms with E-state index >= 15 is 0 Å². The summed E-state index contributed by atoms with van der Waals surface area (Å²) < 4.78 is 10.7. The van der Waals surface area contributed by atoms with Crippen molar-refractivity contribution in [3.05, 3.63) is 29.8 Å². The third-order valence-electron chi connectivity index (χ3n) is 7.07. The molecule has 1 N–H and O–H groups in total. The van der Waals surface area contributed by atoms with Crippen LogP contribution in [0.3, 0.4) is 0 Å². The minimum atomic E-state index is -0.501. The number of alkyl carbamates (subject to hydrolysis) is 1. The Morgan fingerprint density at radius 1 is 1.06 bits per heavy atom. The maximum absolute atomic E-state index is 13.2. The van der Waals surface area contributed by atoms with Crippen molar-refractivity contribution in [2.24, 2.45) is 11.8 Å². The normalized spacial score (nSPS) is 23.7. The summed E-state index contributed by atoms with van der Waals surface area (Å²) in [6.07, 6.45) is 4.40. The molecule has 1 aliphatic carbocycles. The monoisotopic (exact) mass is 471 g/mol. The molecule has 0 aromatic heterocycles. The molecular weight excluding hydrogens is 434 g/mol. The second-order valence-corrected chi connectivity index (χ2v) is 10.7. The first-order valence-electron chi connectivity index (χ1n) is 12.5. The number of piperidine rings is 1. The molecule has 2 aliphatic heterocycles. The van der Waals surface area contributed by atoms with E-state index < -0.39 is 5.60 Å². The van der Waals surface area contributed by atoms with Gasteiger partial charge in [0, 0.05) is 37.2 Å². The summed E-state index contributed by atoms with van der Waals surface area (Å²) in [5, 5.41) is 2.86. The molecule has 4 rings (SSSR count). The molecule has 8 heteroatoms. The van der Waals surface area contributed by atoms with Crippen LogP contribution >= 0.6 is 0 Å². The first-order chi connectivity index (χ1) is 16.2. The van der Waals surface area contributed by atoms with Gasteiger partial charge in [-0.1, -0.05) is 18.2 Å². The summed E-state index contributed by atoms with van der Waals surface area (Å²) in [7, 11) is 0. The van der Waals surface area contributed by atoms with Crippen molar-refractivity contribution >= 4 is 23.8 Å². The Morgan fingerprint density at radius 2 is 1.74 bits per heavy atom. The highest BCUT2D eigenvalue weighted by molar-refractivity contribution is 5.91. The molecule has 1 saturated carbocycles. The molecule has 1 aromatic rings. The van der Waals surface area contributed by atoms with E-state index in [0.29, 0.717) is 32.2 Å². The first-order valence-corrected chi connectivity index (χ1v) is 12.5. The van der Waals surface area contributed by atoms with Crippen LogP contribution in [0.4, 0.5) is 15.3 Å². The molecule has 0 spiro atoms. The van der Waals surface area contributed by atoms with Gasteiger partial charge in [0.1, 0.15) is 12.2 Å². The van der Waals surface area contributed by atoms with Crippen LogP contribution in [-0.2, 0) is 20.9 Å². The number of ether oxygens (including phenoxy) is 2. The standard InChI is InChI=1S/C26H37N3O5/c1-26(2,3)34-24(31)27-16-18-8-10-19(11-9-18)23(30)28-14-12-21(13-15-28)29-22-7-5-4-6-20(22)17-33-25(29)32/h4-7,18-19,21H,8-17H2,1-3H3,(H,27,31). The fourth-order valence-electron chi connectivity index (χ4n) is 5.28. The van der Waals surface area contributed by atoms with E-state index in [2.05, 4.69) is 5.32 Å². The topological polar surface area (TPSA) is 88.2 Å². The first kappa shape index (κ1) is 24.4. The number of carbonyl (C=O) groups is 3. The van der Waals surface area contributed by atoms with Crippen LogP contribution in [0.2, 0.25) is 0 Å². The third-order valence-corrected chi connectivity index (χ3v) is 7.07. The zero-order valence-electron chi connectivity index (χ0n) is 20.5. The van der Waals surface area contributed by atoms with Crippen LogP contribution < -0.4 is 10.2 Å². The fraction of sp³-hybridized carbons (Fsp3) is 0.654. The highest BCUT2D eigenvalue weighted by Gasteiger charge is 2.37. The highest BCUT2D eigenvalue weighted by Crippen LogP contribution is 2.34. The summed E-state index contributed by atoms with van der Waals surface area (Å²) in [5.74, 6) is 0.668. The molecule has 1 aromatic carbocycles. The van der Waals surface area contributed by atoms with Crippen LogP contribution in [-0.4, -0.2) is 54.3 Å². The number of nitrogens with one attached hydrogen (secondary N) is 1. The predicted molar refractivity (Wildman–Crippen MR) is 128 cm³/mol. The van der Waals surface area contributed by atoms with Gasteiger partial charge in [0.25, 0.3) is 0 Å². The van der Waals surface area contributed by atoms with Gasteiger partial charge in [0.15, 0.2) is 0 Å². The average molecular weight is 472 g/mol. The number of cyclic esters (lactones) is 1. The largest absolute Gasteiger partial charge is 0.444 e. The molecule has 34 heavy (non-hydrogen) atoms. The van der Waals surface area contributed by atoms with Crippen molar-refractivity contribution in [2.45, 2.75) is 77.5 Å². The van der Waals surface area contributed by atoms with Gasteiger partial charge in [0.05, 0.1) is 5.69 Å². The quantitative estimate of drug-likeness (QED) is 0.700. The van der Waals surface area contributed by atoms with Gasteiger partial charge >= 0.3 is 12.2 Å². The van der Waals surface area contributed by atoms with E-state index in [1.807, 2.05) is 49.9 Å². The number of anilines is 1. The van der Waals surface area contributed by atoms with E-state index in [1.54, 1.807) is 4.90 Å². The third kappa shape index (κ3) is 5.83. The zero-order valence-corrected chi connectivity index (χ0v) is 20.5. The Bertz CT molecular complexity index is 896. The molecule has 3 aliphatic rings. The van der Waals surface area contributed by atoms with Gasteiger partial charge in [-0.15, -0.1) is 0 Å². The van der Waals surface area contributed by atoms with Gasteiger partial charge in [-0.25, -0.2) is 9.59 Å². The van der Waals surface area contributed by atoms with Crippen LogP contribution in [0.1, 0.15) is 64.9 Å². The minimum absolute atomic E-state index is 0.0488. The Morgan fingerprint density at radius 3 is 2.41 bits per heavy atom. The number of rotatable bonds is 4. The number of hydrogen-bond acceptors (Lipinski definition) is 5. The number of amides is 3. The Kier molecular flexibility index (Phi) is 7.33. The number of benzene rings is 1. The molecule has 0 radical (unpaired) electrons. The van der Waals surface area contributed by atoms with E-state index in [9.17, 15) is 14.4 Å². The number of fused-ring (bicyclic) bond motifs is 1. The van der Waals surface area contributed by atoms with E-state index in [0.717, 1.165) is 49.8 Å². The maximum Gasteiger partial charge on any atom is 0.414 e. The molecule has 8 nitrogen and oxygen atoms in total. The van der Waals surface area contributed by atoms with Crippen LogP contribution in [0.25, 0.3) is 0 Å². The summed E-state index contributed by atoms with van der Waals surface area (Å²) in [6, 6.07) is 7.92. The van der Waals surface area contributed by atoms with Crippen LogP contribution in [0.15, 0.2) is 24.3 Å². The molecule has 186 valence electrons. The molecular formula is C26H37N3O5. The highest BCUT2D eigenvalue weighted by atomic mass is 16.6. The van der Waals surface area contributed by atoms with Crippen LogP contribution in [0, 0.1) is 11.8 Å². The summed E-state index contributed by atoms with van der Waals surface area (Å²) >= 11 is 0. The Labute approximate surface area is 201 Å². The number of carbonyl (C=O) groups excluding carboxylic acids is 3. The van der Waals surface area contributed by atoms with Gasteiger partial charge in [-0.05, 0) is 71.3 Å². The average Bonchev–Trinajstić information content (AvgIpc) is 2.82. The summed E-state index contributed by atoms with van der Waals surface area (Å²) in [6.45, 7) is 7.79. The van der Waals surface area contributed by atoms with E-state index in [1.165, 1.54) is 0 Å². The van der Waals surface area contributed by atoms with Crippen molar-refractivity contribution in [1.29, 1.82) is 0 Å². The minimum Gasteiger partial charge on any atom is -0.444 e. The SMILES string of the molecule is CC(C)(C)OC(=O)NCC1CCC(C(=O)N2CCC(N3C(=O)OCc4ccccc43)CC2)CC1. The second kappa shape index (κ2) is 10.2. The zero-order chi connectivity index (χ0) is 24.3. The molecule has 3 amide bonds. The molecule has 2 heterocycles. The van der Waals surface area contributed by atoms with Crippen molar-refractivity contribution in [3.8, 4) is 0 Å². The molecule has 0 atom stereocenters. The molecule has 0 bridgehead atoms. The predicted octanol–water partition coefficient (Wildman–Crippen LogP) is 4.47. The number of nitrogens with zero attached hydrogens (tertiary/aromatic N) is 2. The number of para-hydroxylation sites is 1. The van der Waals surface area contributed by atoms with E-state index in [-0.39, 0.29) is 30.1 Å². The lowest BCUT2D eigenvalue weighted by Gasteiger charge is -2.41. The lowest BCUT2D eigenvalue weighted by molar-refractivity contribution is -0.137. The lowest BCUT2D eigenvalue weighted by Crippen LogP contribution is -2.51. The second-order valence-electron chi connectivity index (χ2n) is 10.7. The fourth-order valence-corrected chi connectivity index (χ4v) is 5.28. The molecule has 1 saturated heterocycles. The summed E-state index contributed by atoms with van der Waals surface area (Å²) in [5.41, 5.74) is 1.46. The maximum atomic E-state index is 13.2. The lowest BCUT2D eigenvalue weighted by atomic mass is 9.81. The van der Waals surface area contributed by atoms with Crippen molar-refractivity contribution < 1.29 is 23.9 Å². The molecule has 0 unspecified atom stereocenters.